The summed E-state index contributed by atoms with van der Waals surface area (Å²) in [6.45, 7) is 4.80. The van der Waals surface area contributed by atoms with Crippen LogP contribution >= 0.6 is 22.9 Å². The SMILES string of the molecule is CCNC(c1ccc(F)cc1C)c1sccc1Cl. The van der Waals surface area contributed by atoms with Gasteiger partial charge >= 0.3 is 0 Å². The fourth-order valence-corrected chi connectivity index (χ4v) is 3.28. The third-order valence-electron chi connectivity index (χ3n) is 2.86. The van der Waals surface area contributed by atoms with E-state index in [0.717, 1.165) is 27.6 Å². The van der Waals surface area contributed by atoms with Crippen LogP contribution in [0.25, 0.3) is 0 Å². The summed E-state index contributed by atoms with van der Waals surface area (Å²) in [5.74, 6) is -0.205. The van der Waals surface area contributed by atoms with Crippen LogP contribution in [0.1, 0.15) is 29.0 Å². The Labute approximate surface area is 116 Å². The monoisotopic (exact) mass is 283 g/mol. The molecule has 0 aliphatic heterocycles. The van der Waals surface area contributed by atoms with Gasteiger partial charge < -0.3 is 5.32 Å². The molecule has 18 heavy (non-hydrogen) atoms. The van der Waals surface area contributed by atoms with Crippen LogP contribution in [0, 0.1) is 12.7 Å². The fraction of sp³-hybridized carbons (Fsp3) is 0.286. The summed E-state index contributed by atoms with van der Waals surface area (Å²) in [5.41, 5.74) is 2.01. The van der Waals surface area contributed by atoms with Crippen molar-refractivity contribution in [3.05, 3.63) is 56.5 Å². The third-order valence-corrected chi connectivity index (χ3v) is 4.28. The molecule has 1 nitrogen and oxygen atoms in total. The van der Waals surface area contributed by atoms with Crippen molar-refractivity contribution in [2.75, 3.05) is 6.54 Å². The van der Waals surface area contributed by atoms with Crippen molar-refractivity contribution in [2.24, 2.45) is 0 Å². The number of benzene rings is 1. The zero-order chi connectivity index (χ0) is 13.1. The lowest BCUT2D eigenvalue weighted by atomic mass is 10.00. The highest BCUT2D eigenvalue weighted by Crippen LogP contribution is 2.34. The van der Waals surface area contributed by atoms with Crippen LogP contribution in [0.2, 0.25) is 5.02 Å². The Morgan fingerprint density at radius 2 is 2.17 bits per heavy atom. The van der Waals surface area contributed by atoms with E-state index in [1.165, 1.54) is 6.07 Å². The first kappa shape index (κ1) is 13.5. The Balaban J connectivity index is 2.45. The van der Waals surface area contributed by atoms with Crippen LogP contribution in [0.15, 0.2) is 29.6 Å². The second kappa shape index (κ2) is 5.83. The smallest absolute Gasteiger partial charge is 0.123 e. The van der Waals surface area contributed by atoms with Crippen LogP contribution in [0.4, 0.5) is 4.39 Å². The molecule has 0 saturated carbocycles. The van der Waals surface area contributed by atoms with E-state index in [1.54, 1.807) is 17.4 Å². The van der Waals surface area contributed by atoms with E-state index in [2.05, 4.69) is 5.32 Å². The summed E-state index contributed by atoms with van der Waals surface area (Å²) < 4.78 is 13.2. The van der Waals surface area contributed by atoms with Gasteiger partial charge in [0.25, 0.3) is 0 Å². The molecule has 1 unspecified atom stereocenters. The van der Waals surface area contributed by atoms with Gasteiger partial charge in [0.15, 0.2) is 0 Å². The van der Waals surface area contributed by atoms with Gasteiger partial charge in [0.2, 0.25) is 0 Å². The Morgan fingerprint density at radius 3 is 2.72 bits per heavy atom. The summed E-state index contributed by atoms with van der Waals surface area (Å²) in [7, 11) is 0. The van der Waals surface area contributed by atoms with Gasteiger partial charge in [-0.2, -0.15) is 0 Å². The Morgan fingerprint density at radius 1 is 1.39 bits per heavy atom. The minimum atomic E-state index is -0.205. The molecule has 0 spiro atoms. The van der Waals surface area contributed by atoms with Gasteiger partial charge in [0, 0.05) is 4.88 Å². The lowest BCUT2D eigenvalue weighted by Gasteiger charge is -2.19. The van der Waals surface area contributed by atoms with Crippen LogP contribution in [0.5, 0.6) is 0 Å². The molecule has 0 bridgehead atoms. The lowest BCUT2D eigenvalue weighted by molar-refractivity contribution is 0.613. The summed E-state index contributed by atoms with van der Waals surface area (Å²) >= 11 is 7.82. The van der Waals surface area contributed by atoms with Crippen molar-refractivity contribution in [1.82, 2.24) is 5.32 Å². The minimum absolute atomic E-state index is 0.0306. The van der Waals surface area contributed by atoms with E-state index in [0.29, 0.717) is 0 Å². The molecule has 0 radical (unpaired) electrons. The number of rotatable bonds is 4. The van der Waals surface area contributed by atoms with Gasteiger partial charge in [-0.25, -0.2) is 4.39 Å². The molecule has 1 aromatic heterocycles. The quantitative estimate of drug-likeness (QED) is 0.868. The summed E-state index contributed by atoms with van der Waals surface area (Å²) in [4.78, 5) is 1.08. The third kappa shape index (κ3) is 2.74. The fourth-order valence-electron chi connectivity index (χ4n) is 2.02. The molecule has 1 aromatic carbocycles. The van der Waals surface area contributed by atoms with Crippen LogP contribution in [-0.4, -0.2) is 6.54 Å². The molecule has 1 N–H and O–H groups in total. The molecule has 1 heterocycles. The topological polar surface area (TPSA) is 12.0 Å². The first-order valence-corrected chi connectivity index (χ1v) is 7.11. The Hall–Kier alpha value is -0.900. The maximum Gasteiger partial charge on any atom is 0.123 e. The van der Waals surface area contributed by atoms with Gasteiger partial charge in [-0.1, -0.05) is 24.6 Å². The van der Waals surface area contributed by atoms with Crippen molar-refractivity contribution in [3.8, 4) is 0 Å². The Bertz CT molecular complexity index is 538. The maximum absolute atomic E-state index is 13.2. The van der Waals surface area contributed by atoms with E-state index in [1.807, 2.05) is 31.4 Å². The van der Waals surface area contributed by atoms with Gasteiger partial charge in [-0.3, -0.25) is 0 Å². The van der Waals surface area contributed by atoms with Gasteiger partial charge in [-0.15, -0.1) is 11.3 Å². The predicted octanol–water partition coefficient (Wildman–Crippen LogP) is 4.55. The molecule has 96 valence electrons. The number of hydrogen-bond donors (Lipinski definition) is 1. The zero-order valence-electron chi connectivity index (χ0n) is 10.3. The molecular formula is C14H15ClFNS. The normalized spacial score (nSPS) is 12.7. The number of halogens is 2. The largest absolute Gasteiger partial charge is 0.306 e. The molecule has 0 saturated heterocycles. The minimum Gasteiger partial charge on any atom is -0.306 e. The van der Waals surface area contributed by atoms with Crippen molar-refractivity contribution in [3.63, 3.8) is 0 Å². The molecule has 2 rings (SSSR count). The lowest BCUT2D eigenvalue weighted by Crippen LogP contribution is -2.22. The molecule has 0 aliphatic rings. The summed E-state index contributed by atoms with van der Waals surface area (Å²) in [6, 6.07) is 6.80. The van der Waals surface area contributed by atoms with Gasteiger partial charge in [-0.05, 0) is 48.2 Å². The van der Waals surface area contributed by atoms with E-state index >= 15 is 0 Å². The van der Waals surface area contributed by atoms with E-state index < -0.39 is 0 Å². The maximum atomic E-state index is 13.2. The van der Waals surface area contributed by atoms with Crippen molar-refractivity contribution in [1.29, 1.82) is 0 Å². The average Bonchev–Trinajstić information content (AvgIpc) is 2.73. The summed E-state index contributed by atoms with van der Waals surface area (Å²) in [6.07, 6.45) is 0. The standard InChI is InChI=1S/C14H15ClFNS/c1-3-17-13(14-12(15)6-7-18-14)11-5-4-10(16)8-9(11)2/h4-8,13,17H,3H2,1-2H3. The molecule has 2 aromatic rings. The highest BCUT2D eigenvalue weighted by atomic mass is 35.5. The van der Waals surface area contributed by atoms with E-state index in [9.17, 15) is 4.39 Å². The number of thiophene rings is 1. The highest BCUT2D eigenvalue weighted by molar-refractivity contribution is 7.10. The second-order valence-corrected chi connectivity index (χ2v) is 5.48. The molecule has 4 heteroatoms. The van der Waals surface area contributed by atoms with Crippen molar-refractivity contribution < 1.29 is 4.39 Å². The molecule has 0 aliphatic carbocycles. The number of aryl methyl sites for hydroxylation is 1. The second-order valence-electron chi connectivity index (χ2n) is 4.12. The molecule has 1 atom stereocenters. The van der Waals surface area contributed by atoms with Gasteiger partial charge in [0.05, 0.1) is 11.1 Å². The van der Waals surface area contributed by atoms with Crippen molar-refractivity contribution in [2.45, 2.75) is 19.9 Å². The van der Waals surface area contributed by atoms with Crippen LogP contribution < -0.4 is 5.32 Å². The van der Waals surface area contributed by atoms with E-state index in [4.69, 9.17) is 11.6 Å². The molecule has 0 amide bonds. The first-order chi connectivity index (χ1) is 8.63. The molecular weight excluding hydrogens is 269 g/mol. The summed E-state index contributed by atoms with van der Waals surface area (Å²) in [5, 5.41) is 6.14. The number of hydrogen-bond acceptors (Lipinski definition) is 2. The Kier molecular flexibility index (Phi) is 4.38. The predicted molar refractivity (Wildman–Crippen MR) is 76.0 cm³/mol. The highest BCUT2D eigenvalue weighted by Gasteiger charge is 2.19. The average molecular weight is 284 g/mol. The van der Waals surface area contributed by atoms with Crippen LogP contribution in [-0.2, 0) is 0 Å². The van der Waals surface area contributed by atoms with Crippen LogP contribution in [0.3, 0.4) is 0 Å². The van der Waals surface area contributed by atoms with Gasteiger partial charge in [0.1, 0.15) is 5.82 Å². The zero-order valence-corrected chi connectivity index (χ0v) is 11.9. The first-order valence-electron chi connectivity index (χ1n) is 5.85. The van der Waals surface area contributed by atoms with E-state index in [-0.39, 0.29) is 11.9 Å². The number of nitrogens with one attached hydrogen (secondary N) is 1. The molecule has 0 fully saturated rings. The van der Waals surface area contributed by atoms with Crippen molar-refractivity contribution >= 4 is 22.9 Å².